The number of pyridine rings is 1. The molecule has 0 fully saturated rings. The van der Waals surface area contributed by atoms with E-state index in [2.05, 4.69) is 9.71 Å². The molecule has 6 rings (SSSR count). The van der Waals surface area contributed by atoms with Crippen LogP contribution in [-0.2, 0) is 29.5 Å². The van der Waals surface area contributed by atoms with Crippen LogP contribution in [0.15, 0.2) is 114 Å². The molecule has 0 aliphatic heterocycles. The maximum absolute atomic E-state index is 12.8. The van der Waals surface area contributed by atoms with Gasteiger partial charge in [0.25, 0.3) is 15.9 Å². The van der Waals surface area contributed by atoms with E-state index < -0.39 is 22.0 Å². The lowest BCUT2D eigenvalue weighted by Gasteiger charge is -2.30. The third-order valence-corrected chi connectivity index (χ3v) is 9.02. The minimum atomic E-state index is -3.98. The van der Waals surface area contributed by atoms with Gasteiger partial charge < -0.3 is 9.84 Å². The van der Waals surface area contributed by atoms with Crippen molar-refractivity contribution in [3.8, 4) is 5.75 Å². The number of benzene rings is 4. The van der Waals surface area contributed by atoms with Crippen molar-refractivity contribution < 1.29 is 23.1 Å². The lowest BCUT2D eigenvalue weighted by Crippen LogP contribution is -2.30. The number of nitrogens with zero attached hydrogens (tertiary/aromatic N) is 1. The van der Waals surface area contributed by atoms with Crippen molar-refractivity contribution in [1.82, 2.24) is 9.71 Å². The number of aromatic nitrogens is 1. The van der Waals surface area contributed by atoms with Crippen LogP contribution in [0.25, 0.3) is 10.9 Å². The number of para-hydroxylation sites is 1. The van der Waals surface area contributed by atoms with Crippen LogP contribution in [0, 0.1) is 5.92 Å². The molecule has 0 saturated heterocycles. The Morgan fingerprint density at radius 3 is 2.57 bits per heavy atom. The molecule has 8 heteroatoms. The van der Waals surface area contributed by atoms with Gasteiger partial charge >= 0.3 is 0 Å². The van der Waals surface area contributed by atoms with Crippen molar-refractivity contribution in [3.63, 3.8) is 0 Å². The van der Waals surface area contributed by atoms with Crippen LogP contribution < -0.4 is 9.46 Å². The molecule has 2 unspecified atom stereocenters. The molecule has 0 spiro atoms. The van der Waals surface area contributed by atoms with Gasteiger partial charge in [-0.15, -0.1) is 0 Å². The molecule has 1 aromatic heterocycles. The lowest BCUT2D eigenvalue weighted by molar-refractivity contribution is 0.0932. The van der Waals surface area contributed by atoms with Gasteiger partial charge in [-0.3, -0.25) is 4.79 Å². The van der Waals surface area contributed by atoms with E-state index in [9.17, 15) is 18.3 Å². The number of fused-ring (bicyclic) bond motifs is 2. The van der Waals surface area contributed by atoms with E-state index in [1.807, 2.05) is 60.7 Å². The average molecular weight is 579 g/mol. The van der Waals surface area contributed by atoms with Crippen LogP contribution in [-0.4, -0.2) is 24.4 Å². The fraction of sp³-hybridized carbons (Fsp3) is 0.176. The van der Waals surface area contributed by atoms with E-state index in [4.69, 9.17) is 4.74 Å². The highest BCUT2D eigenvalue weighted by atomic mass is 32.2. The smallest absolute Gasteiger partial charge is 0.265 e. The van der Waals surface area contributed by atoms with Gasteiger partial charge in [0.2, 0.25) is 0 Å². The number of aryl methyl sites for hydroxylation is 1. The van der Waals surface area contributed by atoms with Crippen LogP contribution >= 0.6 is 0 Å². The molecule has 2 N–H and O–H groups in total. The van der Waals surface area contributed by atoms with Gasteiger partial charge in [-0.2, -0.15) is 0 Å². The number of amides is 1. The molecule has 0 radical (unpaired) electrons. The molecular formula is C34H30N2O5S. The zero-order valence-corrected chi connectivity index (χ0v) is 23.6. The number of carbonyl (C=O) groups is 1. The predicted octanol–water partition coefficient (Wildman–Crippen LogP) is 5.77. The topological polar surface area (TPSA) is 106 Å². The molecule has 1 amide bonds. The fourth-order valence-corrected chi connectivity index (χ4v) is 6.46. The van der Waals surface area contributed by atoms with Crippen molar-refractivity contribution in [2.75, 3.05) is 0 Å². The number of ether oxygens (including phenoxy) is 1. The van der Waals surface area contributed by atoms with Gasteiger partial charge in [-0.25, -0.2) is 18.1 Å². The molecule has 42 heavy (non-hydrogen) atoms. The molecule has 1 aliphatic rings. The highest BCUT2D eigenvalue weighted by molar-refractivity contribution is 7.90. The first kappa shape index (κ1) is 27.6. The summed E-state index contributed by atoms with van der Waals surface area (Å²) in [6, 6.07) is 32.5. The summed E-state index contributed by atoms with van der Waals surface area (Å²) in [4.78, 5) is 17.5. The molecular weight excluding hydrogens is 548 g/mol. The normalized spacial score (nSPS) is 16.5. The molecule has 5 aromatic rings. The van der Waals surface area contributed by atoms with E-state index in [1.54, 1.807) is 36.4 Å². The Kier molecular flexibility index (Phi) is 7.73. The summed E-state index contributed by atoms with van der Waals surface area (Å²) in [5, 5.41) is 12.4. The van der Waals surface area contributed by atoms with E-state index in [0.29, 0.717) is 18.8 Å². The number of hydrogen-bond donors (Lipinski definition) is 2. The summed E-state index contributed by atoms with van der Waals surface area (Å²) in [5.41, 5.74) is 4.77. The fourth-order valence-electron chi connectivity index (χ4n) is 5.46. The van der Waals surface area contributed by atoms with Gasteiger partial charge in [0.05, 0.1) is 22.2 Å². The monoisotopic (exact) mass is 578 g/mol. The highest BCUT2D eigenvalue weighted by Crippen LogP contribution is 2.38. The summed E-state index contributed by atoms with van der Waals surface area (Å²) in [5.74, 6) is -0.0964. The maximum atomic E-state index is 12.8. The number of sulfonamides is 1. The van der Waals surface area contributed by atoms with Gasteiger partial charge in [-0.1, -0.05) is 60.7 Å². The highest BCUT2D eigenvalue weighted by Gasteiger charge is 2.29. The van der Waals surface area contributed by atoms with Gasteiger partial charge in [-0.05, 0) is 90.4 Å². The maximum Gasteiger partial charge on any atom is 0.265 e. The average Bonchev–Trinajstić information content (AvgIpc) is 3.02. The van der Waals surface area contributed by atoms with Crippen molar-refractivity contribution in [1.29, 1.82) is 0 Å². The second-order valence-corrected chi connectivity index (χ2v) is 12.2. The zero-order valence-electron chi connectivity index (χ0n) is 22.8. The van der Waals surface area contributed by atoms with E-state index in [0.717, 1.165) is 46.1 Å². The zero-order chi connectivity index (χ0) is 29.1. The molecule has 1 aliphatic carbocycles. The quantitative estimate of drug-likeness (QED) is 0.242. The second kappa shape index (κ2) is 11.8. The Hall–Kier alpha value is -4.53. The summed E-state index contributed by atoms with van der Waals surface area (Å²) >= 11 is 0. The van der Waals surface area contributed by atoms with E-state index in [1.165, 1.54) is 12.1 Å². The Morgan fingerprint density at radius 1 is 0.905 bits per heavy atom. The molecule has 0 bridgehead atoms. The number of hydrogen-bond acceptors (Lipinski definition) is 6. The summed E-state index contributed by atoms with van der Waals surface area (Å²) in [6.07, 6.45) is 1.44. The minimum absolute atomic E-state index is 0.0235. The number of nitrogens with one attached hydrogen (secondary N) is 1. The van der Waals surface area contributed by atoms with Crippen molar-refractivity contribution >= 4 is 26.8 Å². The van der Waals surface area contributed by atoms with Gasteiger partial charge in [0, 0.05) is 10.9 Å². The molecule has 2 atom stereocenters. The number of rotatable bonds is 8. The third kappa shape index (κ3) is 6.05. The molecule has 1 heterocycles. The van der Waals surface area contributed by atoms with Gasteiger partial charge in [0.15, 0.2) is 0 Å². The van der Waals surface area contributed by atoms with Crippen LogP contribution in [0.4, 0.5) is 0 Å². The van der Waals surface area contributed by atoms with Crippen LogP contribution in [0.1, 0.15) is 45.3 Å². The summed E-state index contributed by atoms with van der Waals surface area (Å²) < 4.78 is 33.4. The summed E-state index contributed by atoms with van der Waals surface area (Å²) in [6.45, 7) is 0.317. The minimum Gasteiger partial charge on any atom is -0.487 e. The standard InChI is InChI=1S/C34H30N2O5S/c37-33-26(19-23-7-6-9-27(20-23)34(38)36-42(39,40)30-10-2-1-3-11-30)14-13-24-16-18-29(21-31(24)33)41-22-28-17-15-25-8-4-5-12-32(25)35-28/h1-12,15-18,20-21,26,33,37H,13-14,19,22H2,(H,36,38). The van der Waals surface area contributed by atoms with Crippen molar-refractivity contribution in [2.24, 2.45) is 5.92 Å². The Bertz CT molecular complexity index is 1860. The SMILES string of the molecule is O=C(NS(=O)(=O)c1ccccc1)c1cccc(CC2CCc3ccc(OCc4ccc5ccccc5n4)cc3C2O)c1. The molecule has 7 nitrogen and oxygen atoms in total. The number of aliphatic hydroxyl groups excluding tert-OH is 1. The molecule has 0 saturated carbocycles. The molecule has 212 valence electrons. The Morgan fingerprint density at radius 2 is 1.71 bits per heavy atom. The second-order valence-electron chi connectivity index (χ2n) is 10.5. The van der Waals surface area contributed by atoms with Crippen LogP contribution in [0.3, 0.4) is 0 Å². The first-order valence-electron chi connectivity index (χ1n) is 13.9. The van der Waals surface area contributed by atoms with Crippen molar-refractivity contribution in [2.45, 2.75) is 36.9 Å². The van der Waals surface area contributed by atoms with Crippen molar-refractivity contribution in [3.05, 3.63) is 137 Å². The predicted molar refractivity (Wildman–Crippen MR) is 161 cm³/mol. The van der Waals surface area contributed by atoms with Crippen LogP contribution in [0.5, 0.6) is 5.75 Å². The van der Waals surface area contributed by atoms with E-state index in [-0.39, 0.29) is 16.4 Å². The number of aliphatic hydroxyl groups is 1. The Balaban J connectivity index is 1.12. The largest absolute Gasteiger partial charge is 0.487 e. The Labute approximate surface area is 244 Å². The first-order chi connectivity index (χ1) is 20.4. The molecule has 4 aromatic carbocycles. The van der Waals surface area contributed by atoms with Gasteiger partial charge in [0.1, 0.15) is 12.4 Å². The van der Waals surface area contributed by atoms with Crippen LogP contribution in [0.2, 0.25) is 0 Å². The third-order valence-electron chi connectivity index (χ3n) is 7.68. The number of carbonyl (C=O) groups excluding carboxylic acids is 1. The van der Waals surface area contributed by atoms with E-state index >= 15 is 0 Å². The first-order valence-corrected chi connectivity index (χ1v) is 15.3. The lowest BCUT2D eigenvalue weighted by atomic mass is 9.78. The summed E-state index contributed by atoms with van der Waals surface area (Å²) in [7, 11) is -3.98.